The van der Waals surface area contributed by atoms with Gasteiger partial charge in [0.05, 0.1) is 21.7 Å². The van der Waals surface area contributed by atoms with E-state index < -0.39 is 29.7 Å². The molecule has 13 heteroatoms. The highest BCUT2D eigenvalue weighted by Gasteiger charge is 2.67. The molecule has 1 N–H and O–H groups in total. The minimum atomic E-state index is -0.975. The summed E-state index contributed by atoms with van der Waals surface area (Å²) in [6.45, 7) is 12.4. The lowest BCUT2D eigenvalue weighted by molar-refractivity contribution is -0.199. The molecule has 9 rings (SSSR count). The lowest BCUT2D eigenvalue weighted by Gasteiger charge is -2.65. The van der Waals surface area contributed by atoms with Gasteiger partial charge < -0.3 is 14.5 Å². The van der Waals surface area contributed by atoms with Gasteiger partial charge >= 0.3 is 0 Å². The highest BCUT2D eigenvalue weighted by atomic mass is 35.5. The maximum absolute atomic E-state index is 13.9. The summed E-state index contributed by atoms with van der Waals surface area (Å²) in [6, 6.07) is 16.5. The van der Waals surface area contributed by atoms with Crippen LogP contribution in [0.1, 0.15) is 107 Å². The van der Waals surface area contributed by atoms with E-state index in [1.165, 1.54) is 0 Å². The molecule has 3 aromatic rings. The number of rotatable bonds is 6. The van der Waals surface area contributed by atoms with Gasteiger partial charge in [0.25, 0.3) is 17.7 Å². The minimum Gasteiger partial charge on any atom is -0.489 e. The third-order valence-corrected chi connectivity index (χ3v) is 13.8. The Balaban J connectivity index is 0.834. The molecular weight excluding hydrogens is 744 g/mol. The van der Waals surface area contributed by atoms with E-state index >= 15 is 0 Å². The van der Waals surface area contributed by atoms with Gasteiger partial charge in [-0.2, -0.15) is 5.26 Å². The molecule has 2 saturated heterocycles. The second kappa shape index (κ2) is 13.4. The molecule has 12 nitrogen and oxygen atoms in total. The summed E-state index contributed by atoms with van der Waals surface area (Å²) in [4.78, 5) is 72.9. The summed E-state index contributed by atoms with van der Waals surface area (Å²) in [5.41, 5.74) is 5.40. The number of fused-ring (bicyclic) bond motifs is 3. The number of hydrogen-bond donors (Lipinski definition) is 1. The molecule has 5 aliphatic heterocycles. The third-order valence-electron chi connectivity index (χ3n) is 13.5. The van der Waals surface area contributed by atoms with E-state index in [-0.39, 0.29) is 41.7 Å². The SMILES string of the molecule is CC1(C)[C@H](Oc2ccc(C#N)c(Cl)c2)C(C)(C)[C@H]1N1Cc2cc(N3CCC(N4CCc5cc6c(cc5C4)C(=O)N(C4CCC(=O)NC4=O)C6=O)CC3)ccc2C1=O. The Morgan fingerprint density at radius 1 is 0.772 bits per heavy atom. The monoisotopic (exact) mass is 788 g/mol. The van der Waals surface area contributed by atoms with Crippen molar-refractivity contribution in [1.29, 1.82) is 5.26 Å². The summed E-state index contributed by atoms with van der Waals surface area (Å²) in [5, 5.41) is 11.9. The molecule has 1 aliphatic carbocycles. The van der Waals surface area contributed by atoms with Crippen molar-refractivity contribution in [3.63, 3.8) is 0 Å². The van der Waals surface area contributed by atoms with Crippen LogP contribution in [-0.2, 0) is 29.1 Å². The van der Waals surface area contributed by atoms with Crippen LogP contribution in [0, 0.1) is 22.2 Å². The quantitative estimate of drug-likeness (QED) is 0.322. The van der Waals surface area contributed by atoms with Crippen LogP contribution in [0.3, 0.4) is 0 Å². The number of nitriles is 1. The smallest absolute Gasteiger partial charge is 0.262 e. The molecule has 294 valence electrons. The van der Waals surface area contributed by atoms with Crippen LogP contribution in [0.5, 0.6) is 5.75 Å². The topological polar surface area (TPSA) is 143 Å². The van der Waals surface area contributed by atoms with Gasteiger partial charge in [-0.25, -0.2) is 0 Å². The Morgan fingerprint density at radius 2 is 1.47 bits per heavy atom. The molecule has 1 atom stereocenters. The fraction of sp³-hybridized carbons (Fsp3) is 0.455. The first kappa shape index (κ1) is 37.3. The molecule has 0 aromatic heterocycles. The Hall–Kier alpha value is -5.25. The number of nitrogens with zero attached hydrogens (tertiary/aromatic N) is 5. The maximum Gasteiger partial charge on any atom is 0.262 e. The molecule has 57 heavy (non-hydrogen) atoms. The van der Waals surface area contributed by atoms with Crippen LogP contribution in [0.4, 0.5) is 5.69 Å². The summed E-state index contributed by atoms with van der Waals surface area (Å²) in [7, 11) is 0. The van der Waals surface area contributed by atoms with E-state index in [0.29, 0.717) is 46.6 Å². The molecule has 0 bridgehead atoms. The van der Waals surface area contributed by atoms with Gasteiger partial charge in [-0.05, 0) is 84.8 Å². The van der Waals surface area contributed by atoms with Crippen molar-refractivity contribution in [2.75, 3.05) is 24.5 Å². The second-order valence-electron chi connectivity index (χ2n) is 17.6. The van der Waals surface area contributed by atoms with E-state index in [1.807, 2.05) is 23.1 Å². The summed E-state index contributed by atoms with van der Waals surface area (Å²) in [5.74, 6) is -1.28. The van der Waals surface area contributed by atoms with Gasteiger partial charge in [0, 0.05) is 79.4 Å². The van der Waals surface area contributed by atoms with Crippen LogP contribution < -0.4 is 15.0 Å². The number of carbonyl (C=O) groups is 5. The summed E-state index contributed by atoms with van der Waals surface area (Å²) < 4.78 is 6.50. The fourth-order valence-electron chi connectivity index (χ4n) is 11.1. The van der Waals surface area contributed by atoms with Gasteiger partial charge in [-0.3, -0.25) is 39.1 Å². The van der Waals surface area contributed by atoms with Crippen molar-refractivity contribution in [3.8, 4) is 11.8 Å². The van der Waals surface area contributed by atoms with Gasteiger partial charge in [0.1, 0.15) is 24.0 Å². The predicted molar refractivity (Wildman–Crippen MR) is 211 cm³/mol. The van der Waals surface area contributed by atoms with Crippen molar-refractivity contribution < 1.29 is 28.7 Å². The highest BCUT2D eigenvalue weighted by Crippen LogP contribution is 2.59. The second-order valence-corrected chi connectivity index (χ2v) is 18.0. The Bertz CT molecular complexity index is 2310. The zero-order valence-corrected chi connectivity index (χ0v) is 33.3. The molecule has 5 heterocycles. The van der Waals surface area contributed by atoms with Gasteiger partial charge in [0.15, 0.2) is 0 Å². The first-order chi connectivity index (χ1) is 27.2. The van der Waals surface area contributed by atoms with E-state index in [0.717, 1.165) is 71.7 Å². The van der Waals surface area contributed by atoms with Crippen LogP contribution in [0.25, 0.3) is 0 Å². The minimum absolute atomic E-state index is 0.0482. The summed E-state index contributed by atoms with van der Waals surface area (Å²) in [6.07, 6.45) is 2.76. The molecule has 1 unspecified atom stereocenters. The van der Waals surface area contributed by atoms with Crippen LogP contribution >= 0.6 is 11.6 Å². The number of amides is 5. The number of piperidine rings is 2. The van der Waals surface area contributed by atoms with E-state index in [4.69, 9.17) is 16.3 Å². The van der Waals surface area contributed by atoms with Gasteiger partial charge in [-0.15, -0.1) is 0 Å². The molecule has 0 spiro atoms. The molecule has 3 fully saturated rings. The number of imide groups is 2. The molecule has 6 aliphatic rings. The Labute approximate surface area is 336 Å². The molecular formula is C44H45ClN6O6. The predicted octanol–water partition coefficient (Wildman–Crippen LogP) is 5.48. The van der Waals surface area contributed by atoms with Crippen LogP contribution in [0.15, 0.2) is 48.5 Å². The van der Waals surface area contributed by atoms with Crippen molar-refractivity contribution >= 4 is 46.8 Å². The zero-order chi connectivity index (χ0) is 40.1. The number of carbonyl (C=O) groups excluding carboxylic acids is 5. The molecule has 1 saturated carbocycles. The first-order valence-electron chi connectivity index (χ1n) is 19.8. The zero-order valence-electron chi connectivity index (χ0n) is 32.6. The van der Waals surface area contributed by atoms with Gasteiger partial charge in [0.2, 0.25) is 11.8 Å². The van der Waals surface area contributed by atoms with Crippen molar-refractivity contribution in [2.45, 2.75) is 97.1 Å². The van der Waals surface area contributed by atoms with Crippen molar-refractivity contribution in [3.05, 3.63) is 92.5 Å². The third kappa shape index (κ3) is 5.92. The number of anilines is 1. The number of ether oxygens (including phenoxy) is 1. The van der Waals surface area contributed by atoms with Crippen molar-refractivity contribution in [1.82, 2.24) is 20.0 Å². The Morgan fingerprint density at radius 3 is 2.14 bits per heavy atom. The average Bonchev–Trinajstić information content (AvgIpc) is 3.62. The van der Waals surface area contributed by atoms with Crippen molar-refractivity contribution in [2.24, 2.45) is 10.8 Å². The van der Waals surface area contributed by atoms with Crippen LogP contribution in [-0.4, -0.2) is 88.1 Å². The van der Waals surface area contributed by atoms with E-state index in [2.05, 4.69) is 61.0 Å². The molecule has 3 aromatic carbocycles. The molecule has 5 amide bonds. The Kier molecular flexibility index (Phi) is 8.79. The fourth-order valence-corrected chi connectivity index (χ4v) is 11.3. The number of nitrogens with one attached hydrogen (secondary N) is 1. The first-order valence-corrected chi connectivity index (χ1v) is 20.2. The normalized spacial score (nSPS) is 25.4. The molecule has 0 radical (unpaired) electrons. The lowest BCUT2D eigenvalue weighted by atomic mass is 9.49. The lowest BCUT2D eigenvalue weighted by Crippen LogP contribution is -2.74. The standard InChI is InChI=1S/C44H45ClN6O6/c1-43(2)41(44(3,4)42(43)57-30-7-5-25(21-46)34(45)20-30)50-23-27-17-29(6-8-31(27)38(50)54)48-15-12-28(13-16-48)49-14-11-24-18-32-33(19-26(24)22-49)40(56)51(39(32)55)35-9-10-36(52)47-37(35)53/h5-8,17-20,28,35,41-42H,9-16,22-23H2,1-4H3,(H,47,52,53)/t35?,41-,42-. The number of hydrogen-bond acceptors (Lipinski definition) is 9. The van der Waals surface area contributed by atoms with Crippen LogP contribution in [0.2, 0.25) is 5.02 Å². The number of halogens is 1. The number of benzene rings is 3. The van der Waals surface area contributed by atoms with Gasteiger partial charge in [-0.1, -0.05) is 39.3 Å². The largest absolute Gasteiger partial charge is 0.489 e. The van der Waals surface area contributed by atoms with E-state index in [1.54, 1.807) is 18.2 Å². The average molecular weight is 789 g/mol. The maximum atomic E-state index is 13.9. The highest BCUT2D eigenvalue weighted by molar-refractivity contribution is 6.31. The summed E-state index contributed by atoms with van der Waals surface area (Å²) >= 11 is 6.30. The van der Waals surface area contributed by atoms with E-state index in [9.17, 15) is 29.2 Å².